The fourth-order valence-electron chi connectivity index (χ4n) is 2.49. The van der Waals surface area contributed by atoms with E-state index in [9.17, 15) is 14.9 Å². The van der Waals surface area contributed by atoms with Gasteiger partial charge < -0.3 is 4.74 Å². The number of amides is 1. The van der Waals surface area contributed by atoms with Gasteiger partial charge in [0.25, 0.3) is 11.6 Å². The number of nitro groups is 1. The first kappa shape index (κ1) is 19.5. The van der Waals surface area contributed by atoms with Crippen molar-refractivity contribution in [1.29, 1.82) is 0 Å². The lowest BCUT2D eigenvalue weighted by Crippen LogP contribution is -2.30. The van der Waals surface area contributed by atoms with Crippen LogP contribution in [0.2, 0.25) is 0 Å². The fraction of sp³-hybridized carbons (Fsp3) is 0.200. The Morgan fingerprint density at radius 2 is 1.89 bits per heavy atom. The lowest BCUT2D eigenvalue weighted by molar-refractivity contribution is -0.384. The maximum Gasteiger partial charge on any atom is 0.269 e. The van der Waals surface area contributed by atoms with Crippen LogP contribution in [-0.2, 0) is 11.2 Å². The molecule has 0 radical (unpaired) electrons. The van der Waals surface area contributed by atoms with Crippen molar-refractivity contribution in [2.24, 2.45) is 0 Å². The zero-order valence-corrected chi connectivity index (χ0v) is 16.2. The summed E-state index contributed by atoms with van der Waals surface area (Å²) in [6, 6.07) is 13.7. The number of nitrogens with one attached hydrogen (secondary N) is 1. The van der Waals surface area contributed by atoms with E-state index in [-0.39, 0.29) is 11.6 Å². The van der Waals surface area contributed by atoms with Crippen molar-refractivity contribution < 1.29 is 14.5 Å². The number of anilines is 1. The van der Waals surface area contributed by atoms with Gasteiger partial charge in [-0.2, -0.15) is 0 Å². The van der Waals surface area contributed by atoms with Crippen molar-refractivity contribution in [3.8, 4) is 17.0 Å². The molecule has 0 aliphatic rings. The molecule has 0 saturated carbocycles. The second-order valence-corrected chi connectivity index (χ2v) is 6.95. The number of ether oxygens (including phenoxy) is 1. The van der Waals surface area contributed by atoms with Gasteiger partial charge in [-0.3, -0.25) is 20.2 Å². The molecule has 3 rings (SSSR count). The van der Waals surface area contributed by atoms with Crippen LogP contribution < -0.4 is 10.1 Å². The Labute approximate surface area is 166 Å². The van der Waals surface area contributed by atoms with Crippen LogP contribution in [0.15, 0.2) is 53.9 Å². The summed E-state index contributed by atoms with van der Waals surface area (Å²) in [4.78, 5) is 27.0. The van der Waals surface area contributed by atoms with Crippen LogP contribution in [0.1, 0.15) is 19.4 Å². The normalized spacial score (nSPS) is 11.6. The largest absolute Gasteiger partial charge is 0.481 e. The summed E-state index contributed by atoms with van der Waals surface area (Å²) in [5.41, 5.74) is 3.01. The molecule has 2 aromatic carbocycles. The third-order valence-electron chi connectivity index (χ3n) is 4.12. The minimum absolute atomic E-state index is 0.0354. The Balaban J connectivity index is 1.60. The zero-order chi connectivity index (χ0) is 20.1. The van der Waals surface area contributed by atoms with Crippen LogP contribution in [0.25, 0.3) is 11.3 Å². The van der Waals surface area contributed by atoms with Crippen LogP contribution in [0, 0.1) is 10.1 Å². The number of nitrogens with zero attached hydrogens (tertiary/aromatic N) is 2. The highest BCUT2D eigenvalue weighted by Gasteiger charge is 2.17. The highest BCUT2D eigenvalue weighted by molar-refractivity contribution is 7.14. The number of carbonyl (C=O) groups excluding carboxylic acids is 1. The number of non-ortho nitro benzene ring substituents is 1. The van der Waals surface area contributed by atoms with Crippen LogP contribution in [-0.4, -0.2) is 21.9 Å². The van der Waals surface area contributed by atoms with E-state index in [2.05, 4.69) is 29.4 Å². The van der Waals surface area contributed by atoms with Crippen molar-refractivity contribution in [1.82, 2.24) is 4.98 Å². The summed E-state index contributed by atoms with van der Waals surface area (Å²) >= 11 is 1.34. The molecule has 1 amide bonds. The van der Waals surface area contributed by atoms with Gasteiger partial charge >= 0.3 is 0 Å². The van der Waals surface area contributed by atoms with Gasteiger partial charge in [-0.15, -0.1) is 11.3 Å². The molecule has 1 heterocycles. The highest BCUT2D eigenvalue weighted by atomic mass is 32.1. The number of thiazole rings is 1. The smallest absolute Gasteiger partial charge is 0.269 e. The number of rotatable bonds is 7. The zero-order valence-electron chi connectivity index (χ0n) is 15.4. The van der Waals surface area contributed by atoms with Crippen molar-refractivity contribution in [3.63, 3.8) is 0 Å². The van der Waals surface area contributed by atoms with Crippen LogP contribution in [0.3, 0.4) is 0 Å². The number of aromatic nitrogens is 1. The summed E-state index contributed by atoms with van der Waals surface area (Å²) in [7, 11) is 0. The van der Waals surface area contributed by atoms with Crippen molar-refractivity contribution in [2.45, 2.75) is 26.4 Å². The van der Waals surface area contributed by atoms with Crippen molar-refractivity contribution in [3.05, 3.63) is 69.6 Å². The second-order valence-electron chi connectivity index (χ2n) is 6.09. The van der Waals surface area contributed by atoms with Gasteiger partial charge in [-0.25, -0.2) is 4.98 Å². The lowest BCUT2D eigenvalue weighted by Gasteiger charge is -2.13. The second kappa shape index (κ2) is 8.62. The van der Waals surface area contributed by atoms with E-state index in [4.69, 9.17) is 4.74 Å². The molecule has 1 unspecified atom stereocenters. The molecule has 1 aromatic heterocycles. The average molecular weight is 397 g/mol. The van der Waals surface area contributed by atoms with Crippen LogP contribution in [0.5, 0.6) is 5.75 Å². The molecular formula is C20H19N3O4S. The van der Waals surface area contributed by atoms with Gasteiger partial charge in [0.2, 0.25) is 0 Å². The molecular weight excluding hydrogens is 378 g/mol. The van der Waals surface area contributed by atoms with Gasteiger partial charge in [0, 0.05) is 23.1 Å². The minimum Gasteiger partial charge on any atom is -0.481 e. The van der Waals surface area contributed by atoms with Gasteiger partial charge in [0.1, 0.15) is 5.75 Å². The monoisotopic (exact) mass is 397 g/mol. The summed E-state index contributed by atoms with van der Waals surface area (Å²) in [6.07, 6.45) is 0.198. The Kier molecular flexibility index (Phi) is 6.00. The Hall–Kier alpha value is -3.26. The summed E-state index contributed by atoms with van der Waals surface area (Å²) in [6.45, 7) is 3.71. The van der Waals surface area contributed by atoms with E-state index in [0.29, 0.717) is 10.9 Å². The molecule has 1 N–H and O–H groups in total. The molecule has 28 heavy (non-hydrogen) atoms. The predicted molar refractivity (Wildman–Crippen MR) is 109 cm³/mol. The molecule has 0 spiro atoms. The Morgan fingerprint density at radius 1 is 1.21 bits per heavy atom. The SMILES string of the molecule is CCc1ccc(-c2csc(NC(=O)C(C)Oc3ccc([N+](=O)[O-])cc3)n2)cc1. The van der Waals surface area contributed by atoms with Gasteiger partial charge in [-0.05, 0) is 31.0 Å². The van der Waals surface area contributed by atoms with Gasteiger partial charge in [0.15, 0.2) is 11.2 Å². The highest BCUT2D eigenvalue weighted by Crippen LogP contribution is 2.26. The standard InChI is InChI=1S/C20H19N3O4S/c1-3-14-4-6-15(7-5-14)18-12-28-20(21-18)22-19(24)13(2)27-17-10-8-16(9-11-17)23(25)26/h4-13H,3H2,1-2H3,(H,21,22,24). The number of hydrogen-bond donors (Lipinski definition) is 1. The number of benzene rings is 2. The molecule has 0 bridgehead atoms. The Morgan fingerprint density at radius 3 is 2.50 bits per heavy atom. The Bertz CT molecular complexity index is 968. The lowest BCUT2D eigenvalue weighted by atomic mass is 10.1. The molecule has 3 aromatic rings. The molecule has 0 aliphatic carbocycles. The molecule has 144 valence electrons. The molecule has 0 saturated heterocycles. The van der Waals surface area contributed by atoms with E-state index in [1.807, 2.05) is 17.5 Å². The quantitative estimate of drug-likeness (QED) is 0.461. The van der Waals surface area contributed by atoms with Crippen molar-refractivity contribution >= 4 is 28.1 Å². The van der Waals surface area contributed by atoms with Crippen molar-refractivity contribution in [2.75, 3.05) is 5.32 Å². The average Bonchev–Trinajstić information content (AvgIpc) is 3.17. The maximum atomic E-state index is 12.3. The van der Waals surface area contributed by atoms with E-state index >= 15 is 0 Å². The molecule has 1 atom stereocenters. The number of carbonyl (C=O) groups is 1. The third-order valence-corrected chi connectivity index (χ3v) is 4.88. The molecule has 0 fully saturated rings. The maximum absolute atomic E-state index is 12.3. The first-order valence-electron chi connectivity index (χ1n) is 8.73. The number of aryl methyl sites for hydroxylation is 1. The van der Waals surface area contributed by atoms with E-state index in [0.717, 1.165) is 17.7 Å². The summed E-state index contributed by atoms with van der Waals surface area (Å²) in [5, 5.41) is 15.8. The predicted octanol–water partition coefficient (Wildman–Crippen LogP) is 4.69. The van der Waals surface area contributed by atoms with Gasteiger partial charge in [0.05, 0.1) is 10.6 Å². The summed E-state index contributed by atoms with van der Waals surface area (Å²) in [5.74, 6) is 0.0321. The first-order chi connectivity index (χ1) is 13.5. The van der Waals surface area contributed by atoms with E-state index < -0.39 is 11.0 Å². The topological polar surface area (TPSA) is 94.4 Å². The number of hydrogen-bond acceptors (Lipinski definition) is 6. The number of nitro benzene ring substituents is 1. The molecule has 8 heteroatoms. The summed E-state index contributed by atoms with van der Waals surface area (Å²) < 4.78 is 5.54. The fourth-order valence-corrected chi connectivity index (χ4v) is 3.21. The van der Waals surface area contributed by atoms with Crippen LogP contribution in [0.4, 0.5) is 10.8 Å². The third kappa shape index (κ3) is 4.72. The molecule has 7 nitrogen and oxygen atoms in total. The molecule has 0 aliphatic heterocycles. The van der Waals surface area contributed by atoms with Crippen LogP contribution >= 0.6 is 11.3 Å². The minimum atomic E-state index is -0.780. The van der Waals surface area contributed by atoms with E-state index in [1.54, 1.807) is 6.92 Å². The van der Waals surface area contributed by atoms with E-state index in [1.165, 1.54) is 41.2 Å². The van der Waals surface area contributed by atoms with Gasteiger partial charge in [-0.1, -0.05) is 31.2 Å². The first-order valence-corrected chi connectivity index (χ1v) is 9.61.